The van der Waals surface area contributed by atoms with Crippen LogP contribution in [0.1, 0.15) is 11.1 Å². The summed E-state index contributed by atoms with van der Waals surface area (Å²) in [6, 6.07) is 11.8. The second-order valence-electron chi connectivity index (χ2n) is 8.26. The van der Waals surface area contributed by atoms with E-state index in [-0.39, 0.29) is 0 Å². The predicted molar refractivity (Wildman–Crippen MR) is 127 cm³/mol. The van der Waals surface area contributed by atoms with Crippen LogP contribution in [0, 0.1) is 6.92 Å². The number of morpholine rings is 1. The second-order valence-corrected chi connectivity index (χ2v) is 8.26. The lowest BCUT2D eigenvalue weighted by atomic mass is 10.2. The standard InChI is InChI=1S/C24H24N8O2/c1-17-12-19(2-3-21(17)34-20-5-7-31-22(13-20)25-15-27-31)29-24-23-18(4-6-32(23)28-16-26-24)14-30-8-10-33-11-9-30/h2-7,12-13,15-16H,8-11,14H2,1H3,(H,26,28,29). The maximum atomic E-state index is 6.10. The van der Waals surface area contributed by atoms with E-state index in [2.05, 4.69) is 36.4 Å². The van der Waals surface area contributed by atoms with Gasteiger partial charge in [0.1, 0.15) is 29.7 Å². The van der Waals surface area contributed by atoms with Crippen LogP contribution in [0.25, 0.3) is 11.2 Å². The first-order chi connectivity index (χ1) is 16.7. The van der Waals surface area contributed by atoms with Crippen LogP contribution in [0.4, 0.5) is 11.5 Å². The van der Waals surface area contributed by atoms with E-state index < -0.39 is 0 Å². The Balaban J connectivity index is 1.24. The molecule has 6 rings (SSSR count). The van der Waals surface area contributed by atoms with E-state index in [1.165, 1.54) is 11.9 Å². The summed E-state index contributed by atoms with van der Waals surface area (Å²) < 4.78 is 15.2. The summed E-state index contributed by atoms with van der Waals surface area (Å²) in [4.78, 5) is 11.1. The number of ether oxygens (including phenoxy) is 2. The summed E-state index contributed by atoms with van der Waals surface area (Å²) in [6.45, 7) is 6.26. The number of hydrogen-bond donors (Lipinski definition) is 1. The first kappa shape index (κ1) is 20.6. The van der Waals surface area contributed by atoms with Crippen molar-refractivity contribution in [2.24, 2.45) is 0 Å². The van der Waals surface area contributed by atoms with Crippen LogP contribution in [0.2, 0.25) is 0 Å². The minimum absolute atomic E-state index is 0.711. The highest BCUT2D eigenvalue weighted by Crippen LogP contribution is 2.30. The van der Waals surface area contributed by atoms with Crippen LogP contribution in [0.5, 0.6) is 11.5 Å². The molecule has 34 heavy (non-hydrogen) atoms. The predicted octanol–water partition coefficient (Wildman–Crippen LogP) is 3.45. The van der Waals surface area contributed by atoms with E-state index in [0.717, 1.165) is 66.8 Å². The van der Waals surface area contributed by atoms with Gasteiger partial charge in [0, 0.05) is 43.8 Å². The molecule has 0 radical (unpaired) electrons. The fraction of sp³-hybridized carbons (Fsp3) is 0.250. The Morgan fingerprint density at radius 3 is 2.68 bits per heavy atom. The molecule has 0 spiro atoms. The first-order valence-corrected chi connectivity index (χ1v) is 11.2. The highest BCUT2D eigenvalue weighted by Gasteiger charge is 2.16. The van der Waals surface area contributed by atoms with Crippen molar-refractivity contribution in [1.29, 1.82) is 0 Å². The molecule has 1 aliphatic heterocycles. The molecule has 5 aromatic rings. The number of anilines is 2. The van der Waals surface area contributed by atoms with Crippen molar-refractivity contribution < 1.29 is 9.47 Å². The average molecular weight is 457 g/mol. The van der Waals surface area contributed by atoms with Gasteiger partial charge in [0.25, 0.3) is 0 Å². The third-order valence-electron chi connectivity index (χ3n) is 5.95. The molecule has 1 saturated heterocycles. The summed E-state index contributed by atoms with van der Waals surface area (Å²) in [7, 11) is 0. The monoisotopic (exact) mass is 456 g/mol. The van der Waals surface area contributed by atoms with Crippen LogP contribution in [-0.2, 0) is 11.3 Å². The van der Waals surface area contributed by atoms with Gasteiger partial charge in [-0.3, -0.25) is 4.90 Å². The van der Waals surface area contributed by atoms with Crippen molar-refractivity contribution in [1.82, 2.24) is 34.1 Å². The van der Waals surface area contributed by atoms with E-state index in [1.54, 1.807) is 10.8 Å². The largest absolute Gasteiger partial charge is 0.457 e. The number of fused-ring (bicyclic) bond motifs is 2. The lowest BCUT2D eigenvalue weighted by molar-refractivity contribution is 0.0344. The van der Waals surface area contributed by atoms with Crippen molar-refractivity contribution in [3.8, 4) is 11.5 Å². The summed E-state index contributed by atoms with van der Waals surface area (Å²) in [5, 5.41) is 12.0. The molecule has 10 heteroatoms. The molecule has 1 aromatic carbocycles. The Hall–Kier alpha value is -4.02. The van der Waals surface area contributed by atoms with Gasteiger partial charge in [-0.1, -0.05) is 0 Å². The summed E-state index contributed by atoms with van der Waals surface area (Å²) >= 11 is 0. The van der Waals surface area contributed by atoms with Gasteiger partial charge < -0.3 is 14.8 Å². The fourth-order valence-corrected chi connectivity index (χ4v) is 4.20. The smallest absolute Gasteiger partial charge is 0.158 e. The van der Waals surface area contributed by atoms with Gasteiger partial charge in [-0.2, -0.15) is 10.2 Å². The van der Waals surface area contributed by atoms with E-state index in [0.29, 0.717) is 5.75 Å². The average Bonchev–Trinajstić information content (AvgIpc) is 3.49. The molecule has 1 N–H and O–H groups in total. The molecule has 0 amide bonds. The first-order valence-electron chi connectivity index (χ1n) is 11.2. The van der Waals surface area contributed by atoms with Crippen LogP contribution < -0.4 is 10.1 Å². The number of aromatic nitrogens is 6. The molecule has 1 aliphatic rings. The minimum atomic E-state index is 0.711. The van der Waals surface area contributed by atoms with Gasteiger partial charge in [0.15, 0.2) is 11.5 Å². The SMILES string of the molecule is Cc1cc(Nc2ncnn3ccc(CN4CCOCC4)c23)ccc1Oc1ccn2ncnc2c1. The third kappa shape index (κ3) is 4.04. The number of aryl methyl sites for hydroxylation is 1. The Bertz CT molecular complexity index is 1450. The molecule has 0 saturated carbocycles. The van der Waals surface area contributed by atoms with Crippen LogP contribution in [0.3, 0.4) is 0 Å². The van der Waals surface area contributed by atoms with E-state index in [4.69, 9.17) is 9.47 Å². The maximum Gasteiger partial charge on any atom is 0.158 e. The molecule has 5 heterocycles. The minimum Gasteiger partial charge on any atom is -0.457 e. The quantitative estimate of drug-likeness (QED) is 0.415. The molecule has 10 nitrogen and oxygen atoms in total. The molecular weight excluding hydrogens is 432 g/mol. The molecule has 1 fully saturated rings. The number of rotatable bonds is 6. The van der Waals surface area contributed by atoms with Gasteiger partial charge in [0.05, 0.1) is 13.2 Å². The van der Waals surface area contributed by atoms with Crippen molar-refractivity contribution in [2.75, 3.05) is 31.6 Å². The molecule has 172 valence electrons. The Kier molecular flexibility index (Phi) is 5.28. The summed E-state index contributed by atoms with van der Waals surface area (Å²) in [6.07, 6.45) is 6.90. The summed E-state index contributed by atoms with van der Waals surface area (Å²) in [5.41, 5.74) is 4.83. The Morgan fingerprint density at radius 2 is 1.79 bits per heavy atom. The van der Waals surface area contributed by atoms with Crippen molar-refractivity contribution in [3.05, 3.63) is 72.6 Å². The lowest BCUT2D eigenvalue weighted by Gasteiger charge is -2.26. The van der Waals surface area contributed by atoms with Gasteiger partial charge >= 0.3 is 0 Å². The van der Waals surface area contributed by atoms with Crippen LogP contribution in [0.15, 0.2) is 61.4 Å². The zero-order valence-corrected chi connectivity index (χ0v) is 18.8. The Labute approximate surface area is 195 Å². The zero-order valence-electron chi connectivity index (χ0n) is 18.8. The highest BCUT2D eigenvalue weighted by atomic mass is 16.5. The number of pyridine rings is 1. The van der Waals surface area contributed by atoms with E-state index >= 15 is 0 Å². The zero-order chi connectivity index (χ0) is 22.9. The highest BCUT2D eigenvalue weighted by molar-refractivity contribution is 5.76. The van der Waals surface area contributed by atoms with Gasteiger partial charge in [0.2, 0.25) is 0 Å². The molecule has 0 unspecified atom stereocenters. The second kappa shape index (κ2) is 8.73. The number of benzene rings is 1. The van der Waals surface area contributed by atoms with Crippen LogP contribution in [-0.4, -0.2) is 60.4 Å². The molecular formula is C24H24N8O2. The molecule has 0 aliphatic carbocycles. The topological polar surface area (TPSA) is 94.1 Å². The number of nitrogens with one attached hydrogen (secondary N) is 1. The lowest BCUT2D eigenvalue weighted by Crippen LogP contribution is -2.35. The number of nitrogens with zero attached hydrogens (tertiary/aromatic N) is 7. The fourth-order valence-electron chi connectivity index (χ4n) is 4.20. The van der Waals surface area contributed by atoms with Crippen molar-refractivity contribution in [2.45, 2.75) is 13.5 Å². The van der Waals surface area contributed by atoms with Crippen LogP contribution >= 0.6 is 0 Å². The van der Waals surface area contributed by atoms with Gasteiger partial charge in [-0.05, 0) is 48.4 Å². The van der Waals surface area contributed by atoms with Crippen molar-refractivity contribution in [3.63, 3.8) is 0 Å². The maximum absolute atomic E-state index is 6.10. The summed E-state index contributed by atoms with van der Waals surface area (Å²) in [5.74, 6) is 2.26. The van der Waals surface area contributed by atoms with E-state index in [9.17, 15) is 0 Å². The molecule has 4 aromatic heterocycles. The Morgan fingerprint density at radius 1 is 0.971 bits per heavy atom. The number of hydrogen-bond acceptors (Lipinski definition) is 8. The van der Waals surface area contributed by atoms with Gasteiger partial charge in [-0.15, -0.1) is 0 Å². The molecule has 0 bridgehead atoms. The van der Waals surface area contributed by atoms with E-state index in [1.807, 2.05) is 54.2 Å². The van der Waals surface area contributed by atoms with Gasteiger partial charge in [-0.25, -0.2) is 19.0 Å². The normalized spacial score (nSPS) is 14.6. The molecule has 0 atom stereocenters. The van der Waals surface area contributed by atoms with Crippen molar-refractivity contribution >= 4 is 22.7 Å². The third-order valence-corrected chi connectivity index (χ3v) is 5.95.